The van der Waals surface area contributed by atoms with Gasteiger partial charge in [-0.15, -0.1) is 0 Å². The van der Waals surface area contributed by atoms with E-state index in [-0.39, 0.29) is 12.8 Å². The van der Waals surface area contributed by atoms with Crippen LogP contribution >= 0.6 is 0 Å². The molecule has 0 aliphatic heterocycles. The number of primary amides is 1. The van der Waals surface area contributed by atoms with Gasteiger partial charge in [0.2, 0.25) is 11.8 Å². The van der Waals surface area contributed by atoms with Gasteiger partial charge in [-0.2, -0.15) is 5.26 Å². The molecule has 2 unspecified atom stereocenters. The molecule has 0 bridgehead atoms. The minimum atomic E-state index is -1.29. The number of methoxy groups -OCH3 is 1. The molecule has 0 spiro atoms. The Morgan fingerprint density at radius 1 is 1.10 bits per heavy atom. The Bertz CT molecular complexity index is 1220. The molecule has 4 N–H and O–H groups in total. The van der Waals surface area contributed by atoms with E-state index in [1.54, 1.807) is 63.2 Å². The maximum atomic E-state index is 13.8. The summed E-state index contributed by atoms with van der Waals surface area (Å²) >= 11 is 0. The first-order valence-electron chi connectivity index (χ1n) is 12.3. The highest BCUT2D eigenvalue weighted by atomic mass is 16.6. The molecule has 0 heterocycles. The summed E-state index contributed by atoms with van der Waals surface area (Å²) in [7, 11) is 1.52. The summed E-state index contributed by atoms with van der Waals surface area (Å²) in [4.78, 5) is 52.6. The fraction of sp³-hybridized carbons (Fsp3) is 0.393. The van der Waals surface area contributed by atoms with Crippen LogP contribution in [0.5, 0.6) is 5.75 Å². The SMILES string of the molecule is COc1ccc(NC(=O)C(c2cccc(C)c2)N(CC#N)C(=O)C(CCC(N)=O)NC(=O)OC(C)(C)C)cc1. The van der Waals surface area contributed by atoms with E-state index in [9.17, 15) is 24.4 Å². The molecule has 0 radical (unpaired) electrons. The van der Waals surface area contributed by atoms with Gasteiger partial charge in [0.1, 0.15) is 30.0 Å². The molecule has 11 nitrogen and oxygen atoms in total. The van der Waals surface area contributed by atoms with Crippen LogP contribution in [0, 0.1) is 18.3 Å². The second kappa shape index (κ2) is 13.8. The zero-order valence-corrected chi connectivity index (χ0v) is 22.8. The lowest BCUT2D eigenvalue weighted by atomic mass is 10.00. The van der Waals surface area contributed by atoms with Crippen LogP contribution in [-0.2, 0) is 19.1 Å². The number of anilines is 1. The number of nitrogens with zero attached hydrogens (tertiary/aromatic N) is 2. The Hall–Kier alpha value is -4.59. The number of aryl methyl sites for hydroxylation is 1. The summed E-state index contributed by atoms with van der Waals surface area (Å²) in [6, 6.07) is 13.0. The van der Waals surface area contributed by atoms with Crippen molar-refractivity contribution in [1.82, 2.24) is 10.2 Å². The van der Waals surface area contributed by atoms with E-state index in [0.717, 1.165) is 10.5 Å². The van der Waals surface area contributed by atoms with Crippen molar-refractivity contribution in [2.45, 2.75) is 58.2 Å². The molecule has 2 rings (SSSR count). The van der Waals surface area contributed by atoms with Crippen molar-refractivity contribution in [3.63, 3.8) is 0 Å². The molecule has 0 saturated carbocycles. The van der Waals surface area contributed by atoms with E-state index in [4.69, 9.17) is 15.2 Å². The van der Waals surface area contributed by atoms with E-state index in [2.05, 4.69) is 10.6 Å². The third-order valence-corrected chi connectivity index (χ3v) is 5.47. The van der Waals surface area contributed by atoms with Crippen LogP contribution < -0.4 is 21.1 Å². The number of amides is 4. The average molecular weight is 538 g/mol. The van der Waals surface area contributed by atoms with Crippen LogP contribution in [0.4, 0.5) is 10.5 Å². The van der Waals surface area contributed by atoms with Crippen LogP contribution in [0.3, 0.4) is 0 Å². The second-order valence-electron chi connectivity index (χ2n) is 9.86. The first-order chi connectivity index (χ1) is 18.3. The van der Waals surface area contributed by atoms with Crippen molar-refractivity contribution in [3.05, 3.63) is 59.7 Å². The third kappa shape index (κ3) is 9.66. The van der Waals surface area contributed by atoms with Crippen molar-refractivity contribution < 1.29 is 28.7 Å². The highest BCUT2D eigenvalue weighted by molar-refractivity contribution is 5.99. The molecule has 0 aliphatic carbocycles. The highest BCUT2D eigenvalue weighted by Gasteiger charge is 2.36. The fourth-order valence-corrected chi connectivity index (χ4v) is 3.76. The summed E-state index contributed by atoms with van der Waals surface area (Å²) in [5, 5.41) is 14.9. The number of nitrogens with two attached hydrogens (primary N) is 1. The van der Waals surface area contributed by atoms with Crippen molar-refractivity contribution in [3.8, 4) is 11.8 Å². The van der Waals surface area contributed by atoms with Crippen molar-refractivity contribution in [2.24, 2.45) is 5.73 Å². The van der Waals surface area contributed by atoms with Crippen molar-refractivity contribution in [2.75, 3.05) is 19.0 Å². The molecule has 0 aromatic heterocycles. The standard InChI is InChI=1S/C28H35N5O6/c1-18-7-6-8-19(17-18)24(25(35)31-20-9-11-21(38-5)12-10-20)33(16-15-29)26(36)22(13-14-23(30)34)32-27(37)39-28(2,3)4/h6-12,17,22,24H,13-14,16H2,1-5H3,(H2,30,34)(H,31,35)(H,32,37). The Labute approximate surface area is 228 Å². The minimum Gasteiger partial charge on any atom is -0.497 e. The number of alkyl carbamates (subject to hydrolysis) is 1. The molecule has 2 aromatic rings. The van der Waals surface area contributed by atoms with E-state index in [1.165, 1.54) is 7.11 Å². The zero-order chi connectivity index (χ0) is 29.2. The number of hydrogen-bond acceptors (Lipinski definition) is 7. The number of benzene rings is 2. The lowest BCUT2D eigenvalue weighted by Gasteiger charge is -2.33. The number of carbonyl (C=O) groups is 4. The molecule has 0 aliphatic rings. The first kappa shape index (κ1) is 30.6. The third-order valence-electron chi connectivity index (χ3n) is 5.47. The number of rotatable bonds is 11. The van der Waals surface area contributed by atoms with Gasteiger partial charge in [0.15, 0.2) is 0 Å². The predicted molar refractivity (Wildman–Crippen MR) is 144 cm³/mol. The molecule has 2 atom stereocenters. The topological polar surface area (TPSA) is 164 Å². The Morgan fingerprint density at radius 3 is 2.31 bits per heavy atom. The molecule has 11 heteroatoms. The van der Waals surface area contributed by atoms with Crippen LogP contribution in [0.2, 0.25) is 0 Å². The average Bonchev–Trinajstić information content (AvgIpc) is 2.85. The Balaban J connectivity index is 2.49. The van der Waals surface area contributed by atoms with Gasteiger partial charge >= 0.3 is 6.09 Å². The number of carbonyl (C=O) groups excluding carboxylic acids is 4. The zero-order valence-electron chi connectivity index (χ0n) is 22.8. The summed E-state index contributed by atoms with van der Waals surface area (Å²) in [5.74, 6) is -1.42. The van der Waals surface area contributed by atoms with E-state index in [0.29, 0.717) is 17.0 Å². The van der Waals surface area contributed by atoms with E-state index in [1.807, 2.05) is 19.1 Å². The summed E-state index contributed by atoms with van der Waals surface area (Å²) in [6.45, 7) is 6.33. The van der Waals surface area contributed by atoms with Gasteiger partial charge in [-0.1, -0.05) is 29.8 Å². The molecule has 0 saturated heterocycles. The number of ether oxygens (including phenoxy) is 2. The quantitative estimate of drug-likeness (QED) is 0.370. The monoisotopic (exact) mass is 537 g/mol. The summed E-state index contributed by atoms with van der Waals surface area (Å²) in [6.07, 6.45) is -1.27. The van der Waals surface area contributed by atoms with Gasteiger partial charge in [0.05, 0.1) is 13.2 Å². The van der Waals surface area contributed by atoms with Gasteiger partial charge in [-0.05, 0) is 63.9 Å². The Kier molecular flexibility index (Phi) is 10.8. The van der Waals surface area contributed by atoms with Gasteiger partial charge in [0, 0.05) is 12.1 Å². The Morgan fingerprint density at radius 2 is 1.77 bits per heavy atom. The summed E-state index contributed by atoms with van der Waals surface area (Å²) < 4.78 is 10.4. The smallest absolute Gasteiger partial charge is 0.408 e. The molecule has 208 valence electrons. The number of nitriles is 1. The lowest BCUT2D eigenvalue weighted by molar-refractivity contribution is -0.140. The normalized spacial score (nSPS) is 12.3. The molecule has 4 amide bonds. The largest absolute Gasteiger partial charge is 0.497 e. The van der Waals surface area contributed by atoms with Crippen LogP contribution in [0.25, 0.3) is 0 Å². The van der Waals surface area contributed by atoms with Gasteiger partial charge in [-0.3, -0.25) is 14.4 Å². The maximum Gasteiger partial charge on any atom is 0.408 e. The van der Waals surface area contributed by atoms with Crippen molar-refractivity contribution >= 4 is 29.5 Å². The predicted octanol–water partition coefficient (Wildman–Crippen LogP) is 3.19. The number of hydrogen-bond donors (Lipinski definition) is 3. The van der Waals surface area contributed by atoms with Gasteiger partial charge in [-0.25, -0.2) is 4.79 Å². The molecule has 2 aromatic carbocycles. The van der Waals surface area contributed by atoms with Gasteiger partial charge in [0.25, 0.3) is 5.91 Å². The van der Waals surface area contributed by atoms with Gasteiger partial charge < -0.3 is 30.7 Å². The van der Waals surface area contributed by atoms with Crippen LogP contribution in [0.15, 0.2) is 48.5 Å². The summed E-state index contributed by atoms with van der Waals surface area (Å²) in [5.41, 5.74) is 6.17. The minimum absolute atomic E-state index is 0.157. The number of nitrogens with one attached hydrogen (secondary N) is 2. The highest BCUT2D eigenvalue weighted by Crippen LogP contribution is 2.26. The van der Waals surface area contributed by atoms with E-state index < -0.39 is 48.0 Å². The second-order valence-corrected chi connectivity index (χ2v) is 9.86. The fourth-order valence-electron chi connectivity index (χ4n) is 3.76. The maximum absolute atomic E-state index is 13.8. The van der Waals surface area contributed by atoms with Crippen LogP contribution in [0.1, 0.15) is 50.8 Å². The van der Waals surface area contributed by atoms with Crippen LogP contribution in [-0.4, -0.2) is 54.0 Å². The molecule has 39 heavy (non-hydrogen) atoms. The lowest BCUT2D eigenvalue weighted by Crippen LogP contribution is -2.52. The molecule has 0 fully saturated rings. The first-order valence-corrected chi connectivity index (χ1v) is 12.3. The molecular formula is C28H35N5O6. The molecular weight excluding hydrogens is 502 g/mol. The van der Waals surface area contributed by atoms with Crippen molar-refractivity contribution in [1.29, 1.82) is 5.26 Å². The van der Waals surface area contributed by atoms with E-state index >= 15 is 0 Å².